The average Bonchev–Trinajstić information content (AvgIpc) is 3.04. The molecule has 0 atom stereocenters. The van der Waals surface area contributed by atoms with E-state index in [1.54, 1.807) is 5.38 Å². The van der Waals surface area contributed by atoms with Crippen LogP contribution in [0.5, 0.6) is 0 Å². The summed E-state index contributed by atoms with van der Waals surface area (Å²) in [6, 6.07) is 17.0. The van der Waals surface area contributed by atoms with Gasteiger partial charge in [0, 0.05) is 11.1 Å². The van der Waals surface area contributed by atoms with Crippen LogP contribution >= 0.6 is 11.3 Å². The molecule has 0 bridgehead atoms. The number of aryl methyl sites for hydroxylation is 1. The standard InChI is InChI=1S/C19H17N3O2S/c1-13-6-5-9-15(10-13)20-18(24)16-12-25-19(21-16)22-17(23)11-14-7-3-2-4-8-14/h2-10,12H,11H2,1H3,(H,20,24)(H,21,22,23). The van der Waals surface area contributed by atoms with Crippen LogP contribution in [0.2, 0.25) is 0 Å². The van der Waals surface area contributed by atoms with Crippen molar-refractivity contribution in [3.63, 3.8) is 0 Å². The zero-order valence-corrected chi connectivity index (χ0v) is 14.5. The second-order valence-corrected chi connectivity index (χ2v) is 6.43. The van der Waals surface area contributed by atoms with E-state index in [9.17, 15) is 9.59 Å². The van der Waals surface area contributed by atoms with Gasteiger partial charge in [-0.1, -0.05) is 42.5 Å². The summed E-state index contributed by atoms with van der Waals surface area (Å²) in [6.45, 7) is 1.96. The van der Waals surface area contributed by atoms with Gasteiger partial charge in [0.1, 0.15) is 5.69 Å². The van der Waals surface area contributed by atoms with Crippen molar-refractivity contribution in [2.75, 3.05) is 10.6 Å². The number of hydrogen-bond donors (Lipinski definition) is 2. The molecule has 0 spiro atoms. The molecule has 5 nitrogen and oxygen atoms in total. The van der Waals surface area contributed by atoms with Crippen LogP contribution in [0, 0.1) is 6.92 Å². The number of hydrogen-bond acceptors (Lipinski definition) is 4. The van der Waals surface area contributed by atoms with E-state index < -0.39 is 0 Å². The van der Waals surface area contributed by atoms with Crippen molar-refractivity contribution in [2.45, 2.75) is 13.3 Å². The third-order valence-electron chi connectivity index (χ3n) is 3.47. The molecule has 0 fully saturated rings. The predicted octanol–water partition coefficient (Wildman–Crippen LogP) is 3.89. The lowest BCUT2D eigenvalue weighted by atomic mass is 10.1. The smallest absolute Gasteiger partial charge is 0.275 e. The molecular weight excluding hydrogens is 334 g/mol. The fourth-order valence-corrected chi connectivity index (χ4v) is 3.00. The number of thiazole rings is 1. The molecule has 6 heteroatoms. The second-order valence-electron chi connectivity index (χ2n) is 5.57. The Bertz CT molecular complexity index is 890. The molecule has 126 valence electrons. The Morgan fingerprint density at radius 1 is 1.04 bits per heavy atom. The Balaban J connectivity index is 1.60. The summed E-state index contributed by atoms with van der Waals surface area (Å²) in [7, 11) is 0. The highest BCUT2D eigenvalue weighted by molar-refractivity contribution is 7.14. The van der Waals surface area contributed by atoms with Crippen LogP contribution in [0.4, 0.5) is 10.8 Å². The first-order valence-electron chi connectivity index (χ1n) is 7.77. The van der Waals surface area contributed by atoms with Crippen LogP contribution < -0.4 is 10.6 Å². The van der Waals surface area contributed by atoms with Crippen LogP contribution in [0.15, 0.2) is 60.0 Å². The molecule has 0 unspecified atom stereocenters. The van der Waals surface area contributed by atoms with Gasteiger partial charge in [0.05, 0.1) is 6.42 Å². The fourth-order valence-electron chi connectivity index (χ4n) is 2.30. The van der Waals surface area contributed by atoms with Crippen LogP contribution in [-0.4, -0.2) is 16.8 Å². The lowest BCUT2D eigenvalue weighted by Gasteiger charge is -2.04. The number of benzene rings is 2. The third-order valence-corrected chi connectivity index (χ3v) is 4.22. The number of nitrogens with zero attached hydrogens (tertiary/aromatic N) is 1. The molecule has 25 heavy (non-hydrogen) atoms. The van der Waals surface area contributed by atoms with Crippen LogP contribution in [-0.2, 0) is 11.2 Å². The molecule has 0 saturated heterocycles. The Hall–Kier alpha value is -2.99. The van der Waals surface area contributed by atoms with Gasteiger partial charge in [-0.05, 0) is 30.2 Å². The van der Waals surface area contributed by atoms with Crippen LogP contribution in [0.25, 0.3) is 0 Å². The van der Waals surface area contributed by atoms with E-state index in [0.29, 0.717) is 10.8 Å². The van der Waals surface area contributed by atoms with E-state index in [2.05, 4.69) is 15.6 Å². The Kier molecular flexibility index (Phi) is 5.20. The molecular formula is C19H17N3O2S. The topological polar surface area (TPSA) is 71.1 Å². The molecule has 0 saturated carbocycles. The van der Waals surface area contributed by atoms with E-state index in [-0.39, 0.29) is 23.9 Å². The molecule has 2 N–H and O–H groups in total. The van der Waals surface area contributed by atoms with Gasteiger partial charge < -0.3 is 10.6 Å². The molecule has 0 aliphatic rings. The summed E-state index contributed by atoms with van der Waals surface area (Å²) in [5, 5.41) is 7.57. The van der Waals surface area contributed by atoms with Crippen molar-refractivity contribution >= 4 is 34.0 Å². The van der Waals surface area contributed by atoms with Crippen LogP contribution in [0.3, 0.4) is 0 Å². The third kappa shape index (κ3) is 4.74. The quantitative estimate of drug-likeness (QED) is 0.733. The molecule has 2 amide bonds. The lowest BCUT2D eigenvalue weighted by molar-refractivity contribution is -0.115. The minimum Gasteiger partial charge on any atom is -0.321 e. The first kappa shape index (κ1) is 16.9. The fraction of sp³-hybridized carbons (Fsp3) is 0.105. The first-order chi connectivity index (χ1) is 12.1. The second kappa shape index (κ2) is 7.72. The number of rotatable bonds is 5. The summed E-state index contributed by atoms with van der Waals surface area (Å²) in [6.07, 6.45) is 0.269. The number of carbonyl (C=O) groups is 2. The number of anilines is 2. The van der Waals surface area contributed by atoms with Gasteiger partial charge in [-0.3, -0.25) is 9.59 Å². The summed E-state index contributed by atoms with van der Waals surface area (Å²) >= 11 is 1.23. The van der Waals surface area contributed by atoms with Crippen molar-refractivity contribution in [1.82, 2.24) is 4.98 Å². The zero-order valence-electron chi connectivity index (χ0n) is 13.7. The Labute approximate surface area is 149 Å². The molecule has 0 aliphatic carbocycles. The van der Waals surface area contributed by atoms with Gasteiger partial charge in [-0.15, -0.1) is 11.3 Å². The van der Waals surface area contributed by atoms with Gasteiger partial charge in [-0.2, -0.15) is 0 Å². The largest absolute Gasteiger partial charge is 0.321 e. The number of aromatic nitrogens is 1. The lowest BCUT2D eigenvalue weighted by Crippen LogP contribution is -2.15. The Morgan fingerprint density at radius 3 is 2.60 bits per heavy atom. The van der Waals surface area contributed by atoms with E-state index in [0.717, 1.165) is 11.1 Å². The number of carbonyl (C=O) groups excluding carboxylic acids is 2. The van der Waals surface area contributed by atoms with Crippen molar-refractivity contribution in [3.8, 4) is 0 Å². The van der Waals surface area contributed by atoms with E-state index in [4.69, 9.17) is 0 Å². The minimum absolute atomic E-state index is 0.161. The maximum absolute atomic E-state index is 12.2. The van der Waals surface area contributed by atoms with Gasteiger partial charge in [0.25, 0.3) is 5.91 Å². The van der Waals surface area contributed by atoms with Gasteiger partial charge in [0.15, 0.2) is 5.13 Å². The van der Waals surface area contributed by atoms with Crippen molar-refractivity contribution in [2.24, 2.45) is 0 Å². The summed E-state index contributed by atoms with van der Waals surface area (Å²) < 4.78 is 0. The van der Waals surface area contributed by atoms with Crippen molar-refractivity contribution in [3.05, 3.63) is 76.8 Å². The van der Waals surface area contributed by atoms with Crippen LogP contribution in [0.1, 0.15) is 21.6 Å². The van der Waals surface area contributed by atoms with Gasteiger partial charge >= 0.3 is 0 Å². The Morgan fingerprint density at radius 2 is 1.84 bits per heavy atom. The van der Waals surface area contributed by atoms with E-state index in [1.807, 2.05) is 61.5 Å². The average molecular weight is 351 g/mol. The normalized spacial score (nSPS) is 10.3. The molecule has 0 aliphatic heterocycles. The first-order valence-corrected chi connectivity index (χ1v) is 8.65. The number of nitrogens with one attached hydrogen (secondary N) is 2. The highest BCUT2D eigenvalue weighted by Gasteiger charge is 2.13. The van der Waals surface area contributed by atoms with Gasteiger partial charge in [-0.25, -0.2) is 4.98 Å². The summed E-state index contributed by atoms with van der Waals surface area (Å²) in [5.74, 6) is -0.461. The molecule has 3 aromatic rings. The van der Waals surface area contributed by atoms with Gasteiger partial charge in [0.2, 0.25) is 5.91 Å². The maximum Gasteiger partial charge on any atom is 0.275 e. The van der Waals surface area contributed by atoms with E-state index in [1.165, 1.54) is 11.3 Å². The molecule has 3 rings (SSSR count). The summed E-state index contributed by atoms with van der Waals surface area (Å²) in [4.78, 5) is 28.5. The van der Waals surface area contributed by atoms with Crippen molar-refractivity contribution < 1.29 is 9.59 Å². The van der Waals surface area contributed by atoms with E-state index >= 15 is 0 Å². The minimum atomic E-state index is -0.301. The highest BCUT2D eigenvalue weighted by Crippen LogP contribution is 2.18. The summed E-state index contributed by atoms with van der Waals surface area (Å²) in [5.41, 5.74) is 2.98. The molecule has 0 radical (unpaired) electrons. The van der Waals surface area contributed by atoms with Crippen molar-refractivity contribution in [1.29, 1.82) is 0 Å². The molecule has 2 aromatic carbocycles. The molecule has 1 aromatic heterocycles. The number of amides is 2. The zero-order chi connectivity index (χ0) is 17.6. The predicted molar refractivity (Wildman–Crippen MR) is 100 cm³/mol. The highest BCUT2D eigenvalue weighted by atomic mass is 32.1. The SMILES string of the molecule is Cc1cccc(NC(=O)c2csc(NC(=O)Cc3ccccc3)n2)c1. The monoisotopic (exact) mass is 351 g/mol. The maximum atomic E-state index is 12.2. The molecule has 1 heterocycles.